The number of nitriles is 1. The third-order valence-corrected chi connectivity index (χ3v) is 3.91. The maximum absolute atomic E-state index is 9.40. The zero-order chi connectivity index (χ0) is 14.8. The van der Waals surface area contributed by atoms with Crippen molar-refractivity contribution < 1.29 is 0 Å². The lowest BCUT2D eigenvalue weighted by Crippen LogP contribution is -1.85. The van der Waals surface area contributed by atoms with Crippen molar-refractivity contribution in [1.29, 1.82) is 5.26 Å². The minimum atomic E-state index is 0.532. The van der Waals surface area contributed by atoms with E-state index in [0.29, 0.717) is 11.4 Å². The van der Waals surface area contributed by atoms with E-state index >= 15 is 0 Å². The van der Waals surface area contributed by atoms with E-state index in [1.807, 2.05) is 55.5 Å². The first-order valence-electron chi connectivity index (χ1n) is 6.50. The van der Waals surface area contributed by atoms with Crippen molar-refractivity contribution in [3.05, 3.63) is 63.0 Å². The Morgan fingerprint density at radius 3 is 2.71 bits per heavy atom. The minimum absolute atomic E-state index is 0.532. The standard InChI is InChI=1S/C17H12IN3/c1-11-2-7-15-16(8-11)21-17(20-15)13(10-19)9-12-3-5-14(18)6-4-12/h2-9H,1H3,(H,20,21)/b13-9-. The summed E-state index contributed by atoms with van der Waals surface area (Å²) in [5, 5.41) is 9.40. The van der Waals surface area contributed by atoms with Gasteiger partial charge in [-0.15, -0.1) is 0 Å². The number of benzene rings is 2. The van der Waals surface area contributed by atoms with Crippen LogP contribution < -0.4 is 0 Å². The number of rotatable bonds is 2. The summed E-state index contributed by atoms with van der Waals surface area (Å²) < 4.78 is 1.17. The summed E-state index contributed by atoms with van der Waals surface area (Å²) in [6.45, 7) is 2.03. The van der Waals surface area contributed by atoms with Crippen molar-refractivity contribution in [2.24, 2.45) is 0 Å². The van der Waals surface area contributed by atoms with Gasteiger partial charge in [0.25, 0.3) is 0 Å². The lowest BCUT2D eigenvalue weighted by molar-refractivity contribution is 1.27. The number of aromatic amines is 1. The van der Waals surface area contributed by atoms with Gasteiger partial charge in [-0.3, -0.25) is 0 Å². The van der Waals surface area contributed by atoms with Gasteiger partial charge >= 0.3 is 0 Å². The summed E-state index contributed by atoms with van der Waals surface area (Å²) in [5.41, 5.74) is 4.51. The Bertz CT molecular complexity index is 867. The number of imidazole rings is 1. The first kappa shape index (κ1) is 13.8. The number of nitrogens with one attached hydrogen (secondary N) is 1. The quantitative estimate of drug-likeness (QED) is 0.520. The first-order chi connectivity index (χ1) is 10.2. The lowest BCUT2D eigenvalue weighted by atomic mass is 10.1. The molecule has 1 N–H and O–H groups in total. The molecule has 102 valence electrons. The molecule has 4 heteroatoms. The second kappa shape index (κ2) is 5.70. The van der Waals surface area contributed by atoms with Crippen LogP contribution >= 0.6 is 22.6 Å². The van der Waals surface area contributed by atoms with E-state index in [4.69, 9.17) is 0 Å². The molecule has 0 bridgehead atoms. The fourth-order valence-corrected chi connectivity index (χ4v) is 2.49. The number of hydrogen-bond donors (Lipinski definition) is 1. The van der Waals surface area contributed by atoms with E-state index in [1.54, 1.807) is 0 Å². The van der Waals surface area contributed by atoms with Crippen molar-refractivity contribution >= 4 is 45.3 Å². The molecular weight excluding hydrogens is 373 g/mol. The molecule has 0 amide bonds. The molecule has 3 rings (SSSR count). The van der Waals surface area contributed by atoms with Crippen LogP contribution in [0.5, 0.6) is 0 Å². The van der Waals surface area contributed by atoms with Gasteiger partial charge in [-0.25, -0.2) is 4.98 Å². The van der Waals surface area contributed by atoms with Gasteiger partial charge in [0, 0.05) is 3.57 Å². The highest BCUT2D eigenvalue weighted by Crippen LogP contribution is 2.20. The predicted molar refractivity (Wildman–Crippen MR) is 93.5 cm³/mol. The molecule has 0 fully saturated rings. The molecule has 0 radical (unpaired) electrons. The van der Waals surface area contributed by atoms with Crippen molar-refractivity contribution in [2.75, 3.05) is 0 Å². The van der Waals surface area contributed by atoms with Crippen LogP contribution in [0.2, 0.25) is 0 Å². The van der Waals surface area contributed by atoms with Crippen molar-refractivity contribution in [2.45, 2.75) is 6.92 Å². The fourth-order valence-electron chi connectivity index (χ4n) is 2.13. The molecule has 0 spiro atoms. The molecule has 3 aromatic rings. The van der Waals surface area contributed by atoms with Crippen LogP contribution in [0.1, 0.15) is 17.0 Å². The van der Waals surface area contributed by atoms with Gasteiger partial charge in [0.2, 0.25) is 0 Å². The predicted octanol–water partition coefficient (Wildman–Crippen LogP) is 4.54. The molecule has 0 aliphatic heterocycles. The van der Waals surface area contributed by atoms with Crippen LogP contribution in [0.4, 0.5) is 0 Å². The Balaban J connectivity index is 2.05. The molecule has 0 aliphatic rings. The first-order valence-corrected chi connectivity index (χ1v) is 7.58. The lowest BCUT2D eigenvalue weighted by Gasteiger charge is -1.96. The average molecular weight is 385 g/mol. The maximum Gasteiger partial charge on any atom is 0.149 e. The van der Waals surface area contributed by atoms with Gasteiger partial charge in [-0.1, -0.05) is 18.2 Å². The molecule has 0 unspecified atom stereocenters. The molecule has 0 aliphatic carbocycles. The van der Waals surface area contributed by atoms with E-state index in [-0.39, 0.29) is 0 Å². The van der Waals surface area contributed by atoms with Crippen LogP contribution in [0.3, 0.4) is 0 Å². The number of hydrogen-bond acceptors (Lipinski definition) is 2. The number of fused-ring (bicyclic) bond motifs is 1. The number of aromatic nitrogens is 2. The highest BCUT2D eigenvalue weighted by molar-refractivity contribution is 14.1. The topological polar surface area (TPSA) is 52.5 Å². The number of nitrogens with zero attached hydrogens (tertiary/aromatic N) is 2. The van der Waals surface area contributed by atoms with Crippen LogP contribution in [-0.4, -0.2) is 9.97 Å². The molecule has 1 aromatic heterocycles. The van der Waals surface area contributed by atoms with E-state index in [1.165, 1.54) is 3.57 Å². The second-order valence-electron chi connectivity index (χ2n) is 4.83. The van der Waals surface area contributed by atoms with Gasteiger partial charge < -0.3 is 4.98 Å². The van der Waals surface area contributed by atoms with Crippen LogP contribution in [-0.2, 0) is 0 Å². The zero-order valence-corrected chi connectivity index (χ0v) is 13.5. The van der Waals surface area contributed by atoms with E-state index in [9.17, 15) is 5.26 Å². The van der Waals surface area contributed by atoms with Crippen molar-refractivity contribution in [3.63, 3.8) is 0 Å². The van der Waals surface area contributed by atoms with Crippen molar-refractivity contribution in [3.8, 4) is 6.07 Å². The molecular formula is C17H12IN3. The molecule has 0 saturated heterocycles. The molecule has 3 nitrogen and oxygen atoms in total. The highest BCUT2D eigenvalue weighted by Gasteiger charge is 2.08. The maximum atomic E-state index is 9.40. The summed E-state index contributed by atoms with van der Waals surface area (Å²) in [7, 11) is 0. The Morgan fingerprint density at radius 2 is 2.00 bits per heavy atom. The number of H-pyrrole nitrogens is 1. The number of aryl methyl sites for hydroxylation is 1. The average Bonchev–Trinajstić information content (AvgIpc) is 2.89. The van der Waals surface area contributed by atoms with E-state index < -0.39 is 0 Å². The number of allylic oxidation sites excluding steroid dienone is 1. The smallest absolute Gasteiger partial charge is 0.149 e. The van der Waals surface area contributed by atoms with E-state index in [2.05, 4.69) is 38.6 Å². The van der Waals surface area contributed by atoms with Gasteiger partial charge in [0.05, 0.1) is 16.6 Å². The van der Waals surface area contributed by atoms with Gasteiger partial charge in [0.1, 0.15) is 11.9 Å². The summed E-state index contributed by atoms with van der Waals surface area (Å²) in [6, 6.07) is 16.3. The van der Waals surface area contributed by atoms with Crippen molar-refractivity contribution in [1.82, 2.24) is 9.97 Å². The third-order valence-electron chi connectivity index (χ3n) is 3.19. The third kappa shape index (κ3) is 2.98. The van der Waals surface area contributed by atoms with Gasteiger partial charge in [-0.2, -0.15) is 5.26 Å². The Kier molecular flexibility index (Phi) is 3.76. The Hall–Kier alpha value is -2.13. The van der Waals surface area contributed by atoms with Crippen LogP contribution in [0.25, 0.3) is 22.7 Å². The normalized spacial score (nSPS) is 11.6. The number of halogens is 1. The zero-order valence-electron chi connectivity index (χ0n) is 11.4. The van der Waals surface area contributed by atoms with Crippen LogP contribution in [0, 0.1) is 21.8 Å². The summed E-state index contributed by atoms with van der Waals surface area (Å²) in [6.07, 6.45) is 1.85. The fraction of sp³-hybridized carbons (Fsp3) is 0.0588. The molecule has 0 atom stereocenters. The highest BCUT2D eigenvalue weighted by atomic mass is 127. The monoisotopic (exact) mass is 385 g/mol. The van der Waals surface area contributed by atoms with Gasteiger partial charge in [-0.05, 0) is 71.0 Å². The molecule has 1 heterocycles. The minimum Gasteiger partial charge on any atom is -0.337 e. The molecule has 2 aromatic carbocycles. The molecule has 0 saturated carbocycles. The van der Waals surface area contributed by atoms with Gasteiger partial charge in [0.15, 0.2) is 0 Å². The summed E-state index contributed by atoms with van der Waals surface area (Å²) in [5.74, 6) is 0.608. The van der Waals surface area contributed by atoms with E-state index in [0.717, 1.165) is 22.2 Å². The Morgan fingerprint density at radius 1 is 1.24 bits per heavy atom. The summed E-state index contributed by atoms with van der Waals surface area (Å²) >= 11 is 2.26. The second-order valence-corrected chi connectivity index (χ2v) is 6.07. The Labute approximate surface area is 136 Å². The summed E-state index contributed by atoms with van der Waals surface area (Å²) in [4.78, 5) is 7.71. The largest absolute Gasteiger partial charge is 0.337 e. The van der Waals surface area contributed by atoms with Crippen LogP contribution in [0.15, 0.2) is 42.5 Å². The molecule has 21 heavy (non-hydrogen) atoms. The SMILES string of the molecule is Cc1ccc2nc(/C(C#N)=C\c3ccc(I)cc3)[nH]c2c1.